The molecule has 3 nitrogen and oxygen atoms in total. The molecule has 0 atom stereocenters. The first-order chi connectivity index (χ1) is 9.29. The Morgan fingerprint density at radius 3 is 2.58 bits per heavy atom. The largest absolute Gasteiger partial charge is 0.426 e. The van der Waals surface area contributed by atoms with Crippen molar-refractivity contribution in [2.24, 2.45) is 5.92 Å². The Balaban J connectivity index is 1.75. The number of carbonyl (C=O) groups excluding carboxylic acids is 1. The minimum Gasteiger partial charge on any atom is -0.426 e. The highest BCUT2D eigenvalue weighted by Gasteiger charge is 2.26. The maximum atomic E-state index is 11.7. The quantitative estimate of drug-likeness (QED) is 0.466. The normalized spacial score (nSPS) is 15.0. The molecule has 1 fully saturated rings. The Labute approximate surface area is 115 Å². The van der Waals surface area contributed by atoms with Crippen molar-refractivity contribution in [3.05, 3.63) is 29.8 Å². The van der Waals surface area contributed by atoms with Gasteiger partial charge >= 0.3 is 5.97 Å². The summed E-state index contributed by atoms with van der Waals surface area (Å²) < 4.78 is 5.36. The van der Waals surface area contributed by atoms with Gasteiger partial charge in [0.05, 0.1) is 5.92 Å². The van der Waals surface area contributed by atoms with E-state index in [1.54, 1.807) is 0 Å². The lowest BCUT2D eigenvalue weighted by Crippen LogP contribution is -2.26. The number of hydrogen-bond donors (Lipinski definition) is 1. The van der Waals surface area contributed by atoms with Crippen molar-refractivity contribution in [2.45, 2.75) is 39.0 Å². The topological polar surface area (TPSA) is 38.3 Å². The maximum Gasteiger partial charge on any atom is 0.314 e. The summed E-state index contributed by atoms with van der Waals surface area (Å²) in [5, 5.41) is 3.38. The van der Waals surface area contributed by atoms with Gasteiger partial charge in [-0.15, -0.1) is 0 Å². The van der Waals surface area contributed by atoms with Gasteiger partial charge in [0.15, 0.2) is 0 Å². The first kappa shape index (κ1) is 14.1. The van der Waals surface area contributed by atoms with E-state index in [4.69, 9.17) is 4.74 Å². The SMILES string of the molecule is CCCNCCc1ccc(OC(=O)C2CCC2)cc1. The van der Waals surface area contributed by atoms with E-state index in [-0.39, 0.29) is 11.9 Å². The van der Waals surface area contributed by atoms with E-state index in [1.807, 2.05) is 24.3 Å². The molecule has 1 aliphatic carbocycles. The molecule has 2 rings (SSSR count). The van der Waals surface area contributed by atoms with Crippen molar-refractivity contribution >= 4 is 5.97 Å². The van der Waals surface area contributed by atoms with Crippen LogP contribution in [0.3, 0.4) is 0 Å². The lowest BCUT2D eigenvalue weighted by molar-refractivity contribution is -0.141. The number of benzene rings is 1. The van der Waals surface area contributed by atoms with Crippen LogP contribution in [0, 0.1) is 5.92 Å². The van der Waals surface area contributed by atoms with Gasteiger partial charge in [0.2, 0.25) is 0 Å². The summed E-state index contributed by atoms with van der Waals surface area (Å²) in [7, 11) is 0. The average Bonchev–Trinajstić information content (AvgIpc) is 2.34. The summed E-state index contributed by atoms with van der Waals surface area (Å²) in [6.45, 7) is 4.23. The molecule has 0 spiro atoms. The molecule has 19 heavy (non-hydrogen) atoms. The standard InChI is InChI=1S/C16H23NO2/c1-2-11-17-12-10-13-6-8-15(9-7-13)19-16(18)14-4-3-5-14/h6-9,14,17H,2-5,10-12H2,1H3. The fourth-order valence-corrected chi connectivity index (χ4v) is 2.10. The highest BCUT2D eigenvalue weighted by molar-refractivity contribution is 5.75. The minimum atomic E-state index is -0.0661. The van der Waals surface area contributed by atoms with Gasteiger partial charge in [0, 0.05) is 0 Å². The van der Waals surface area contributed by atoms with Crippen LogP contribution in [0.4, 0.5) is 0 Å². The molecule has 1 saturated carbocycles. The second-order valence-electron chi connectivity index (χ2n) is 5.19. The molecule has 0 amide bonds. The van der Waals surface area contributed by atoms with Crippen LogP contribution in [0.5, 0.6) is 5.75 Å². The third-order valence-corrected chi connectivity index (χ3v) is 3.60. The van der Waals surface area contributed by atoms with E-state index in [0.29, 0.717) is 5.75 Å². The number of carbonyl (C=O) groups is 1. The lowest BCUT2D eigenvalue weighted by Gasteiger charge is -2.22. The van der Waals surface area contributed by atoms with Crippen molar-refractivity contribution in [3.8, 4) is 5.75 Å². The number of ether oxygens (including phenoxy) is 1. The highest BCUT2D eigenvalue weighted by Crippen LogP contribution is 2.28. The van der Waals surface area contributed by atoms with E-state index >= 15 is 0 Å². The first-order valence-electron chi connectivity index (χ1n) is 7.31. The molecule has 0 radical (unpaired) electrons. The molecule has 1 aliphatic rings. The van der Waals surface area contributed by atoms with Gasteiger partial charge in [-0.05, 0) is 56.5 Å². The number of nitrogens with one attached hydrogen (secondary N) is 1. The van der Waals surface area contributed by atoms with Gasteiger partial charge in [0.25, 0.3) is 0 Å². The van der Waals surface area contributed by atoms with Crippen LogP contribution in [0.25, 0.3) is 0 Å². The van der Waals surface area contributed by atoms with Gasteiger partial charge < -0.3 is 10.1 Å². The fourth-order valence-electron chi connectivity index (χ4n) is 2.10. The van der Waals surface area contributed by atoms with E-state index in [1.165, 1.54) is 5.56 Å². The zero-order valence-corrected chi connectivity index (χ0v) is 11.7. The van der Waals surface area contributed by atoms with Gasteiger partial charge in [-0.1, -0.05) is 25.5 Å². The minimum absolute atomic E-state index is 0.0661. The van der Waals surface area contributed by atoms with Crippen LogP contribution in [-0.2, 0) is 11.2 Å². The molecule has 0 aliphatic heterocycles. The molecule has 0 saturated heterocycles. The van der Waals surface area contributed by atoms with E-state index in [9.17, 15) is 4.79 Å². The zero-order valence-electron chi connectivity index (χ0n) is 11.7. The third-order valence-electron chi connectivity index (χ3n) is 3.60. The zero-order chi connectivity index (χ0) is 13.5. The highest BCUT2D eigenvalue weighted by atomic mass is 16.5. The molecule has 3 heteroatoms. The molecule has 0 aromatic heterocycles. The predicted molar refractivity (Wildman–Crippen MR) is 76.3 cm³/mol. The Morgan fingerprint density at radius 2 is 2.00 bits per heavy atom. The van der Waals surface area contributed by atoms with Gasteiger partial charge in [-0.3, -0.25) is 4.79 Å². The van der Waals surface area contributed by atoms with E-state index in [0.717, 1.165) is 45.2 Å². The Kier molecular flexibility index (Phi) is 5.40. The van der Waals surface area contributed by atoms with Crippen LogP contribution in [0.15, 0.2) is 24.3 Å². The predicted octanol–water partition coefficient (Wildman–Crippen LogP) is 2.93. The summed E-state index contributed by atoms with van der Waals surface area (Å²) in [6.07, 6.45) is 5.30. The second kappa shape index (κ2) is 7.29. The molecule has 1 aromatic carbocycles. The van der Waals surface area contributed by atoms with Crippen molar-refractivity contribution in [1.82, 2.24) is 5.32 Å². The smallest absolute Gasteiger partial charge is 0.314 e. The molecular formula is C16H23NO2. The fraction of sp³-hybridized carbons (Fsp3) is 0.562. The molecule has 0 unspecified atom stereocenters. The monoisotopic (exact) mass is 261 g/mol. The molecule has 104 valence electrons. The van der Waals surface area contributed by atoms with Gasteiger partial charge in [0.1, 0.15) is 5.75 Å². The van der Waals surface area contributed by atoms with Crippen molar-refractivity contribution in [2.75, 3.05) is 13.1 Å². The summed E-state index contributed by atoms with van der Waals surface area (Å²) in [6, 6.07) is 7.87. The van der Waals surface area contributed by atoms with Crippen LogP contribution in [0.1, 0.15) is 38.2 Å². The number of rotatable bonds is 7. The number of hydrogen-bond acceptors (Lipinski definition) is 3. The Hall–Kier alpha value is -1.35. The maximum absolute atomic E-state index is 11.7. The molecule has 1 N–H and O–H groups in total. The summed E-state index contributed by atoms with van der Waals surface area (Å²) in [4.78, 5) is 11.7. The molecule has 0 heterocycles. The van der Waals surface area contributed by atoms with Crippen LogP contribution < -0.4 is 10.1 Å². The third kappa shape index (κ3) is 4.35. The van der Waals surface area contributed by atoms with Crippen LogP contribution in [0.2, 0.25) is 0 Å². The Morgan fingerprint density at radius 1 is 1.26 bits per heavy atom. The number of esters is 1. The van der Waals surface area contributed by atoms with Crippen molar-refractivity contribution < 1.29 is 9.53 Å². The molecule has 1 aromatic rings. The average molecular weight is 261 g/mol. The summed E-state index contributed by atoms with van der Waals surface area (Å²) in [5.41, 5.74) is 1.27. The van der Waals surface area contributed by atoms with E-state index < -0.39 is 0 Å². The van der Waals surface area contributed by atoms with Crippen molar-refractivity contribution in [1.29, 1.82) is 0 Å². The van der Waals surface area contributed by atoms with E-state index in [2.05, 4.69) is 12.2 Å². The first-order valence-corrected chi connectivity index (χ1v) is 7.31. The lowest BCUT2D eigenvalue weighted by atomic mass is 9.86. The van der Waals surface area contributed by atoms with Gasteiger partial charge in [-0.2, -0.15) is 0 Å². The summed E-state index contributed by atoms with van der Waals surface area (Å²) >= 11 is 0. The van der Waals surface area contributed by atoms with Gasteiger partial charge in [-0.25, -0.2) is 0 Å². The van der Waals surface area contributed by atoms with Crippen LogP contribution in [-0.4, -0.2) is 19.1 Å². The van der Waals surface area contributed by atoms with Crippen LogP contribution >= 0.6 is 0 Å². The summed E-state index contributed by atoms with van der Waals surface area (Å²) in [5.74, 6) is 0.740. The molecular weight excluding hydrogens is 238 g/mol. The Bertz CT molecular complexity index is 396. The second-order valence-corrected chi connectivity index (χ2v) is 5.19. The van der Waals surface area contributed by atoms with Crippen molar-refractivity contribution in [3.63, 3.8) is 0 Å². The molecule has 0 bridgehead atoms.